The van der Waals surface area contributed by atoms with Crippen LogP contribution in [-0.2, 0) is 14.8 Å². The topological polar surface area (TPSA) is 104 Å². The van der Waals surface area contributed by atoms with Crippen LogP contribution in [0, 0.1) is 0 Å². The van der Waals surface area contributed by atoms with Crippen LogP contribution in [0.2, 0.25) is 10.0 Å². The molecule has 0 unspecified atom stereocenters. The molecule has 0 saturated carbocycles. The van der Waals surface area contributed by atoms with Crippen molar-refractivity contribution in [2.24, 2.45) is 0 Å². The van der Waals surface area contributed by atoms with Gasteiger partial charge >= 0.3 is 5.97 Å². The zero-order chi connectivity index (χ0) is 15.7. The lowest BCUT2D eigenvalue weighted by molar-refractivity contribution is -0.141. The van der Waals surface area contributed by atoms with E-state index in [9.17, 15) is 18.3 Å². The van der Waals surface area contributed by atoms with E-state index in [0.717, 1.165) is 6.92 Å². The highest BCUT2D eigenvalue weighted by Crippen LogP contribution is 2.32. The number of sulfonamides is 1. The molecule has 0 aliphatic heterocycles. The molecular formula is C10H10BrCl2NO5S. The molecule has 6 nitrogen and oxygen atoms in total. The van der Waals surface area contributed by atoms with Crippen molar-refractivity contribution in [3.8, 4) is 0 Å². The number of rotatable bonds is 5. The molecule has 1 aromatic carbocycles. The summed E-state index contributed by atoms with van der Waals surface area (Å²) < 4.78 is 26.6. The van der Waals surface area contributed by atoms with E-state index in [1.54, 1.807) is 0 Å². The number of aliphatic carboxylic acids is 1. The molecule has 10 heteroatoms. The van der Waals surface area contributed by atoms with Gasteiger partial charge in [0.15, 0.2) is 0 Å². The second kappa shape index (κ2) is 6.59. The van der Waals surface area contributed by atoms with Crippen LogP contribution in [0.15, 0.2) is 21.5 Å². The van der Waals surface area contributed by atoms with E-state index in [2.05, 4.69) is 15.9 Å². The van der Waals surface area contributed by atoms with Crippen molar-refractivity contribution in [2.45, 2.75) is 24.0 Å². The van der Waals surface area contributed by atoms with Crippen LogP contribution in [0.1, 0.15) is 6.92 Å². The maximum absolute atomic E-state index is 12.1. The third-order valence-corrected chi connectivity index (χ3v) is 5.08. The van der Waals surface area contributed by atoms with Crippen molar-refractivity contribution < 1.29 is 23.4 Å². The zero-order valence-corrected chi connectivity index (χ0v) is 13.9. The Kier molecular flexibility index (Phi) is 5.82. The summed E-state index contributed by atoms with van der Waals surface area (Å²) in [5, 5.41) is 17.8. The van der Waals surface area contributed by atoms with Crippen molar-refractivity contribution in [1.29, 1.82) is 0 Å². The number of hydrogen-bond acceptors (Lipinski definition) is 4. The number of aliphatic hydroxyl groups is 1. The molecule has 0 amide bonds. The van der Waals surface area contributed by atoms with E-state index >= 15 is 0 Å². The average molecular weight is 407 g/mol. The van der Waals surface area contributed by atoms with Gasteiger partial charge in [0.05, 0.1) is 16.1 Å². The highest BCUT2D eigenvalue weighted by atomic mass is 79.9. The van der Waals surface area contributed by atoms with E-state index in [-0.39, 0.29) is 10.0 Å². The van der Waals surface area contributed by atoms with Gasteiger partial charge in [-0.2, -0.15) is 4.72 Å². The van der Waals surface area contributed by atoms with Gasteiger partial charge in [-0.05, 0) is 19.1 Å². The summed E-state index contributed by atoms with van der Waals surface area (Å²) in [6, 6.07) is 0.899. The summed E-state index contributed by atoms with van der Waals surface area (Å²) in [7, 11) is -4.30. The number of aliphatic hydroxyl groups excluding tert-OH is 1. The maximum Gasteiger partial charge on any atom is 0.324 e. The summed E-state index contributed by atoms with van der Waals surface area (Å²) in [6.45, 7) is 1.14. The van der Waals surface area contributed by atoms with Gasteiger partial charge in [0.1, 0.15) is 10.9 Å². The normalized spacial score (nSPS) is 14.8. The third-order valence-electron chi connectivity index (χ3n) is 2.26. The molecule has 0 fully saturated rings. The number of nitrogens with one attached hydrogen (secondary N) is 1. The van der Waals surface area contributed by atoms with Gasteiger partial charge < -0.3 is 10.2 Å². The summed E-state index contributed by atoms with van der Waals surface area (Å²) in [6.07, 6.45) is -1.43. The molecule has 0 aliphatic rings. The zero-order valence-electron chi connectivity index (χ0n) is 9.97. The van der Waals surface area contributed by atoms with E-state index in [1.807, 2.05) is 4.72 Å². The van der Waals surface area contributed by atoms with Gasteiger partial charge in [0.2, 0.25) is 10.0 Å². The minimum absolute atomic E-state index is 0.174. The highest BCUT2D eigenvalue weighted by molar-refractivity contribution is 9.10. The molecule has 3 N–H and O–H groups in total. The standard InChI is InChI=1S/C10H10BrCl2NO5S/c1-4(15)8(10(16)17)14-20(18,19)9-6(12)2-5(11)3-7(9)13/h2-4,8,14-15H,1H3,(H,16,17)/t4-,8+/m1/s1. The van der Waals surface area contributed by atoms with Gasteiger partial charge in [0.25, 0.3) is 0 Å². The Bertz CT molecular complexity index is 612. The number of hydrogen-bond donors (Lipinski definition) is 3. The first-order valence-corrected chi connectivity index (χ1v) is 8.17. The average Bonchev–Trinajstić information content (AvgIpc) is 2.23. The first kappa shape index (κ1) is 17.7. The van der Waals surface area contributed by atoms with Crippen molar-refractivity contribution in [3.63, 3.8) is 0 Å². The fourth-order valence-corrected chi connectivity index (χ4v) is 4.57. The Morgan fingerprint density at radius 2 is 1.80 bits per heavy atom. The van der Waals surface area contributed by atoms with Crippen LogP contribution in [-0.4, -0.2) is 36.7 Å². The fourth-order valence-electron chi connectivity index (χ4n) is 1.37. The largest absolute Gasteiger partial charge is 0.480 e. The molecule has 0 radical (unpaired) electrons. The molecule has 0 aliphatic carbocycles. The molecule has 1 aromatic rings. The minimum atomic E-state index is -4.30. The maximum atomic E-state index is 12.1. The van der Waals surface area contributed by atoms with Gasteiger partial charge in [0, 0.05) is 4.47 Å². The van der Waals surface area contributed by atoms with Crippen LogP contribution in [0.25, 0.3) is 0 Å². The second-order valence-electron chi connectivity index (χ2n) is 3.88. The Morgan fingerprint density at radius 1 is 1.35 bits per heavy atom. The smallest absolute Gasteiger partial charge is 0.324 e. The monoisotopic (exact) mass is 405 g/mol. The molecule has 0 saturated heterocycles. The van der Waals surface area contributed by atoms with Gasteiger partial charge in [-0.25, -0.2) is 8.42 Å². The van der Waals surface area contributed by atoms with Crippen molar-refractivity contribution in [3.05, 3.63) is 26.7 Å². The van der Waals surface area contributed by atoms with Crippen LogP contribution >= 0.6 is 39.1 Å². The van der Waals surface area contributed by atoms with E-state index < -0.39 is 33.0 Å². The molecule has 0 spiro atoms. The number of carbonyl (C=O) groups is 1. The van der Waals surface area contributed by atoms with Crippen LogP contribution in [0.5, 0.6) is 0 Å². The third kappa shape index (κ3) is 4.06. The number of carboxylic acid groups (broad SMARTS) is 1. The van der Waals surface area contributed by atoms with Crippen LogP contribution in [0.4, 0.5) is 0 Å². The molecule has 0 heterocycles. The SMILES string of the molecule is C[C@@H](O)[C@H](NS(=O)(=O)c1c(Cl)cc(Br)cc1Cl)C(=O)O. The summed E-state index contributed by atoms with van der Waals surface area (Å²) >= 11 is 14.7. The van der Waals surface area contributed by atoms with E-state index in [4.69, 9.17) is 28.3 Å². The summed E-state index contributed by atoms with van der Waals surface area (Å²) in [4.78, 5) is 10.5. The first-order valence-electron chi connectivity index (χ1n) is 5.14. The fraction of sp³-hybridized carbons (Fsp3) is 0.300. The van der Waals surface area contributed by atoms with Gasteiger partial charge in [-0.15, -0.1) is 0 Å². The lowest BCUT2D eigenvalue weighted by atomic mass is 10.2. The lowest BCUT2D eigenvalue weighted by Crippen LogP contribution is -2.47. The molecule has 1 rings (SSSR count). The Labute approximate surface area is 133 Å². The predicted octanol–water partition coefficient (Wildman–Crippen LogP) is 1.87. The van der Waals surface area contributed by atoms with Crippen molar-refractivity contribution in [1.82, 2.24) is 4.72 Å². The van der Waals surface area contributed by atoms with Crippen LogP contribution in [0.3, 0.4) is 0 Å². The number of carboxylic acids is 1. The Morgan fingerprint density at radius 3 is 2.15 bits per heavy atom. The van der Waals surface area contributed by atoms with Crippen molar-refractivity contribution >= 4 is 55.1 Å². The minimum Gasteiger partial charge on any atom is -0.480 e. The Hall–Kier alpha value is -0.380. The molecular weight excluding hydrogens is 397 g/mol. The summed E-state index contributed by atoms with van der Waals surface area (Å²) in [5.74, 6) is -1.52. The Balaban J connectivity index is 3.28. The predicted molar refractivity (Wildman–Crippen MR) is 77.6 cm³/mol. The highest BCUT2D eigenvalue weighted by Gasteiger charge is 2.31. The van der Waals surface area contributed by atoms with Crippen molar-refractivity contribution in [2.75, 3.05) is 0 Å². The number of benzene rings is 1. The molecule has 20 heavy (non-hydrogen) atoms. The summed E-state index contributed by atoms with van der Waals surface area (Å²) in [5.41, 5.74) is 0. The van der Waals surface area contributed by atoms with Crippen LogP contribution < -0.4 is 4.72 Å². The lowest BCUT2D eigenvalue weighted by Gasteiger charge is -2.18. The molecule has 0 bridgehead atoms. The first-order chi connectivity index (χ1) is 9.06. The van der Waals surface area contributed by atoms with E-state index in [1.165, 1.54) is 12.1 Å². The van der Waals surface area contributed by atoms with Gasteiger partial charge in [-0.1, -0.05) is 39.1 Å². The van der Waals surface area contributed by atoms with Gasteiger partial charge in [-0.3, -0.25) is 4.79 Å². The molecule has 0 aromatic heterocycles. The quantitative estimate of drug-likeness (QED) is 0.692. The second-order valence-corrected chi connectivity index (χ2v) is 7.26. The molecule has 112 valence electrons. The molecule has 2 atom stereocenters. The number of halogens is 3. The van der Waals surface area contributed by atoms with E-state index in [0.29, 0.717) is 4.47 Å².